The lowest BCUT2D eigenvalue weighted by atomic mass is 10.0. The van der Waals surface area contributed by atoms with Gasteiger partial charge in [-0.3, -0.25) is 4.79 Å². The van der Waals surface area contributed by atoms with Crippen molar-refractivity contribution in [3.63, 3.8) is 0 Å². The fourth-order valence-corrected chi connectivity index (χ4v) is 3.46. The number of nitrogen functional groups attached to an aromatic ring is 1. The first-order valence-corrected chi connectivity index (χ1v) is 8.72. The van der Waals surface area contributed by atoms with Gasteiger partial charge >= 0.3 is 0 Å². The lowest BCUT2D eigenvalue weighted by Gasteiger charge is -2.36. The quantitative estimate of drug-likeness (QED) is 0.850. The maximum absolute atomic E-state index is 12.6. The summed E-state index contributed by atoms with van der Waals surface area (Å²) in [6.45, 7) is 6.73. The molecule has 0 aliphatic rings. The van der Waals surface area contributed by atoms with E-state index in [1.807, 2.05) is 56.0 Å². The van der Waals surface area contributed by atoms with Gasteiger partial charge in [-0.2, -0.15) is 0 Å². The number of nitrogens with two attached hydrogens (primary N) is 1. The molecule has 0 fully saturated rings. The maximum atomic E-state index is 12.6. The van der Waals surface area contributed by atoms with Gasteiger partial charge in [0, 0.05) is 12.1 Å². The van der Waals surface area contributed by atoms with Crippen LogP contribution >= 0.6 is 23.1 Å². The molecule has 7 heteroatoms. The lowest BCUT2D eigenvalue weighted by Crippen LogP contribution is -2.45. The van der Waals surface area contributed by atoms with Crippen molar-refractivity contribution in [3.8, 4) is 0 Å². The second-order valence-corrected chi connectivity index (χ2v) is 8.06. The Bertz CT molecular complexity index is 622. The van der Waals surface area contributed by atoms with E-state index in [0.717, 1.165) is 9.90 Å². The van der Waals surface area contributed by atoms with Crippen molar-refractivity contribution in [1.82, 2.24) is 15.1 Å². The highest BCUT2D eigenvalue weighted by molar-refractivity contribution is 8.01. The molecule has 22 heavy (non-hydrogen) atoms. The molecule has 2 rings (SSSR count). The summed E-state index contributed by atoms with van der Waals surface area (Å²) in [4.78, 5) is 14.5. The van der Waals surface area contributed by atoms with Gasteiger partial charge < -0.3 is 10.6 Å². The lowest BCUT2D eigenvalue weighted by molar-refractivity contribution is -0.133. The topological polar surface area (TPSA) is 72.1 Å². The molecule has 0 saturated heterocycles. The molecule has 0 saturated carbocycles. The zero-order valence-electron chi connectivity index (χ0n) is 12.9. The zero-order chi connectivity index (χ0) is 16.2. The van der Waals surface area contributed by atoms with Crippen LogP contribution in [0.2, 0.25) is 0 Å². The number of carbonyl (C=O) groups excluding carboxylic acids is 1. The first kappa shape index (κ1) is 16.8. The first-order chi connectivity index (χ1) is 10.4. The number of aromatic nitrogens is 2. The average Bonchev–Trinajstić information content (AvgIpc) is 2.88. The molecule has 0 aliphatic carbocycles. The molecule has 0 aliphatic heterocycles. The largest absolute Gasteiger partial charge is 0.374 e. The molecule has 118 valence electrons. The van der Waals surface area contributed by atoms with Gasteiger partial charge in [0.2, 0.25) is 11.0 Å². The number of hydrogen-bond donors (Lipinski definition) is 1. The Morgan fingerprint density at radius 2 is 1.95 bits per heavy atom. The Hall–Kier alpha value is -1.60. The molecule has 1 amide bonds. The van der Waals surface area contributed by atoms with Crippen LogP contribution in [0.4, 0.5) is 5.13 Å². The van der Waals surface area contributed by atoms with E-state index in [0.29, 0.717) is 17.4 Å². The van der Waals surface area contributed by atoms with Gasteiger partial charge in [0.25, 0.3) is 0 Å². The molecule has 0 spiro atoms. The van der Waals surface area contributed by atoms with Crippen molar-refractivity contribution in [2.75, 3.05) is 11.5 Å². The molecule has 5 nitrogen and oxygen atoms in total. The fourth-order valence-electron chi connectivity index (χ4n) is 1.95. The van der Waals surface area contributed by atoms with Crippen LogP contribution in [-0.4, -0.2) is 32.3 Å². The van der Waals surface area contributed by atoms with Crippen molar-refractivity contribution < 1.29 is 4.79 Å². The third-order valence-electron chi connectivity index (χ3n) is 3.04. The SMILES string of the molecule is CC(C)(C)N(Cc1ccccc1)C(=O)CSc1nnc(N)s1. The van der Waals surface area contributed by atoms with E-state index in [4.69, 9.17) is 5.73 Å². The van der Waals surface area contributed by atoms with Gasteiger partial charge in [0.05, 0.1) is 5.75 Å². The summed E-state index contributed by atoms with van der Waals surface area (Å²) >= 11 is 2.68. The molecule has 2 N–H and O–H groups in total. The summed E-state index contributed by atoms with van der Waals surface area (Å²) in [7, 11) is 0. The Morgan fingerprint density at radius 3 is 2.50 bits per heavy atom. The molecule has 0 bridgehead atoms. The smallest absolute Gasteiger partial charge is 0.233 e. The summed E-state index contributed by atoms with van der Waals surface area (Å²) in [5, 5.41) is 8.11. The molecule has 0 radical (unpaired) electrons. The normalized spacial score (nSPS) is 11.4. The van der Waals surface area contributed by atoms with Crippen LogP contribution < -0.4 is 5.73 Å². The Labute approximate surface area is 138 Å². The summed E-state index contributed by atoms with van der Waals surface area (Å²) in [6, 6.07) is 10.0. The second kappa shape index (κ2) is 7.11. The highest BCUT2D eigenvalue weighted by Gasteiger charge is 2.26. The third kappa shape index (κ3) is 4.71. The van der Waals surface area contributed by atoms with Gasteiger partial charge in [0.1, 0.15) is 0 Å². The van der Waals surface area contributed by atoms with E-state index < -0.39 is 0 Å². The average molecular weight is 336 g/mol. The minimum Gasteiger partial charge on any atom is -0.374 e. The molecule has 0 atom stereocenters. The number of hydrogen-bond acceptors (Lipinski definition) is 6. The van der Waals surface area contributed by atoms with E-state index in [9.17, 15) is 4.79 Å². The highest BCUT2D eigenvalue weighted by atomic mass is 32.2. The number of benzene rings is 1. The van der Waals surface area contributed by atoms with E-state index in [2.05, 4.69) is 10.2 Å². The van der Waals surface area contributed by atoms with E-state index >= 15 is 0 Å². The van der Waals surface area contributed by atoms with Gasteiger partial charge in [-0.1, -0.05) is 53.4 Å². The number of anilines is 1. The van der Waals surface area contributed by atoms with Crippen molar-refractivity contribution in [2.45, 2.75) is 37.2 Å². The molecule has 1 aromatic carbocycles. The predicted octanol–water partition coefficient (Wildman–Crippen LogP) is 3.04. The minimum absolute atomic E-state index is 0.0788. The van der Waals surface area contributed by atoms with Crippen molar-refractivity contribution in [1.29, 1.82) is 0 Å². The van der Waals surface area contributed by atoms with Crippen LogP contribution in [0.15, 0.2) is 34.7 Å². The number of thioether (sulfide) groups is 1. The van der Waals surface area contributed by atoms with Crippen LogP contribution in [-0.2, 0) is 11.3 Å². The number of amides is 1. The van der Waals surface area contributed by atoms with E-state index in [1.54, 1.807) is 0 Å². The third-order valence-corrected chi connectivity index (χ3v) is 4.91. The molecular weight excluding hydrogens is 316 g/mol. The van der Waals surface area contributed by atoms with Gasteiger partial charge in [-0.05, 0) is 26.3 Å². The molecule has 0 unspecified atom stereocenters. The summed E-state index contributed by atoms with van der Waals surface area (Å²) < 4.78 is 0.722. The summed E-state index contributed by atoms with van der Waals surface area (Å²) in [5.74, 6) is 0.411. The van der Waals surface area contributed by atoms with Crippen molar-refractivity contribution in [2.24, 2.45) is 0 Å². The number of carbonyl (C=O) groups is 1. The van der Waals surface area contributed by atoms with Crippen molar-refractivity contribution >= 4 is 34.1 Å². The van der Waals surface area contributed by atoms with Gasteiger partial charge in [-0.25, -0.2) is 0 Å². The zero-order valence-corrected chi connectivity index (χ0v) is 14.6. The van der Waals surface area contributed by atoms with Crippen LogP contribution in [0, 0.1) is 0 Å². The second-order valence-electron chi connectivity index (χ2n) is 5.83. The molecule has 1 aromatic heterocycles. The minimum atomic E-state index is -0.242. The van der Waals surface area contributed by atoms with E-state index in [-0.39, 0.29) is 11.4 Å². The fraction of sp³-hybridized carbons (Fsp3) is 0.400. The van der Waals surface area contributed by atoms with Crippen LogP contribution in [0.1, 0.15) is 26.3 Å². The van der Waals surface area contributed by atoms with Crippen LogP contribution in [0.3, 0.4) is 0 Å². The van der Waals surface area contributed by atoms with E-state index in [1.165, 1.54) is 23.1 Å². The highest BCUT2D eigenvalue weighted by Crippen LogP contribution is 2.25. The molecule has 1 heterocycles. The summed E-state index contributed by atoms with van der Waals surface area (Å²) in [6.07, 6.45) is 0. The first-order valence-electron chi connectivity index (χ1n) is 6.92. The maximum Gasteiger partial charge on any atom is 0.233 e. The molecule has 2 aromatic rings. The molecular formula is C15H20N4OS2. The summed E-state index contributed by atoms with van der Waals surface area (Å²) in [5.41, 5.74) is 6.43. The number of nitrogens with zero attached hydrogens (tertiary/aromatic N) is 3. The van der Waals surface area contributed by atoms with Crippen molar-refractivity contribution in [3.05, 3.63) is 35.9 Å². The van der Waals surface area contributed by atoms with Crippen LogP contribution in [0.25, 0.3) is 0 Å². The van der Waals surface area contributed by atoms with Gasteiger partial charge in [0.15, 0.2) is 4.34 Å². The Kier molecular flexibility index (Phi) is 5.42. The standard InChI is InChI=1S/C15H20N4OS2/c1-15(2,3)19(9-11-7-5-4-6-8-11)12(20)10-21-14-18-17-13(16)22-14/h4-8H,9-10H2,1-3H3,(H2,16,17). The van der Waals surface area contributed by atoms with Crippen LogP contribution in [0.5, 0.6) is 0 Å². The Balaban J connectivity index is 2.03. The van der Waals surface area contributed by atoms with Gasteiger partial charge in [-0.15, -0.1) is 10.2 Å². The number of rotatable bonds is 5. The predicted molar refractivity (Wildman–Crippen MR) is 91.8 cm³/mol. The Morgan fingerprint density at radius 1 is 1.27 bits per heavy atom. The monoisotopic (exact) mass is 336 g/mol.